The van der Waals surface area contributed by atoms with Gasteiger partial charge in [0.25, 0.3) is 0 Å². The minimum atomic E-state index is 0.0158. The van der Waals surface area contributed by atoms with E-state index in [4.69, 9.17) is 4.74 Å². The molecule has 1 aliphatic rings. The van der Waals surface area contributed by atoms with E-state index in [0.717, 1.165) is 23.0 Å². The number of fused-ring (bicyclic) bond motifs is 1. The molecule has 0 radical (unpaired) electrons. The molecule has 4 rings (SSSR count). The van der Waals surface area contributed by atoms with E-state index < -0.39 is 0 Å². The SMILES string of the molecule is COc1ccc(C2=C[C@@H](c3ccccc3C)n3ncnc3N2)cc1. The second-order valence-corrected chi connectivity index (χ2v) is 5.76. The van der Waals surface area contributed by atoms with Crippen molar-refractivity contribution >= 4 is 11.6 Å². The number of nitrogens with one attached hydrogen (secondary N) is 1. The Hall–Kier alpha value is -3.08. The fourth-order valence-corrected chi connectivity index (χ4v) is 3.01. The number of allylic oxidation sites excluding steroid dienone is 1. The molecule has 5 nitrogen and oxygen atoms in total. The summed E-state index contributed by atoms with van der Waals surface area (Å²) in [6, 6.07) is 16.4. The zero-order valence-corrected chi connectivity index (χ0v) is 13.6. The number of aromatic nitrogens is 3. The quantitative estimate of drug-likeness (QED) is 0.801. The molecule has 1 atom stereocenters. The molecular weight excluding hydrogens is 300 g/mol. The number of hydrogen-bond donors (Lipinski definition) is 1. The van der Waals surface area contributed by atoms with Crippen LogP contribution in [-0.4, -0.2) is 21.9 Å². The summed E-state index contributed by atoms with van der Waals surface area (Å²) in [5, 5.41) is 7.75. The van der Waals surface area contributed by atoms with Crippen molar-refractivity contribution in [2.45, 2.75) is 13.0 Å². The number of hydrogen-bond acceptors (Lipinski definition) is 4. The number of rotatable bonds is 3. The highest BCUT2D eigenvalue weighted by molar-refractivity contribution is 5.77. The van der Waals surface area contributed by atoms with Crippen LogP contribution in [0.1, 0.15) is 22.7 Å². The molecule has 0 saturated heterocycles. The second kappa shape index (κ2) is 5.85. The summed E-state index contributed by atoms with van der Waals surface area (Å²) < 4.78 is 7.15. The third kappa shape index (κ3) is 2.44. The van der Waals surface area contributed by atoms with Crippen LogP contribution in [-0.2, 0) is 0 Å². The largest absolute Gasteiger partial charge is 0.497 e. The number of methoxy groups -OCH3 is 1. The van der Waals surface area contributed by atoms with E-state index in [-0.39, 0.29) is 6.04 Å². The summed E-state index contributed by atoms with van der Waals surface area (Å²) in [7, 11) is 1.67. The summed E-state index contributed by atoms with van der Waals surface area (Å²) in [6.07, 6.45) is 3.77. The molecule has 1 N–H and O–H groups in total. The lowest BCUT2D eigenvalue weighted by Gasteiger charge is -2.25. The van der Waals surface area contributed by atoms with Gasteiger partial charge in [-0.1, -0.05) is 24.3 Å². The summed E-state index contributed by atoms with van der Waals surface area (Å²) >= 11 is 0. The van der Waals surface area contributed by atoms with Gasteiger partial charge in [-0.05, 0) is 54.0 Å². The van der Waals surface area contributed by atoms with Crippen molar-refractivity contribution in [1.29, 1.82) is 0 Å². The summed E-state index contributed by atoms with van der Waals surface area (Å²) in [6.45, 7) is 2.12. The lowest BCUT2D eigenvalue weighted by Crippen LogP contribution is -2.20. The molecule has 0 saturated carbocycles. The van der Waals surface area contributed by atoms with Crippen molar-refractivity contribution in [2.75, 3.05) is 12.4 Å². The van der Waals surface area contributed by atoms with Crippen LogP contribution in [0.4, 0.5) is 5.95 Å². The third-order valence-corrected chi connectivity index (χ3v) is 4.32. The average Bonchev–Trinajstić information content (AvgIpc) is 3.10. The Morgan fingerprint density at radius 1 is 1.08 bits per heavy atom. The van der Waals surface area contributed by atoms with Crippen molar-refractivity contribution in [2.24, 2.45) is 0 Å². The Balaban J connectivity index is 1.80. The number of aryl methyl sites for hydroxylation is 1. The highest BCUT2D eigenvalue weighted by Crippen LogP contribution is 2.33. The van der Waals surface area contributed by atoms with Crippen molar-refractivity contribution in [3.05, 3.63) is 77.6 Å². The molecule has 0 bridgehead atoms. The van der Waals surface area contributed by atoms with Gasteiger partial charge in [-0.3, -0.25) is 0 Å². The Labute approximate surface area is 140 Å². The van der Waals surface area contributed by atoms with Crippen molar-refractivity contribution in [3.63, 3.8) is 0 Å². The molecule has 0 fully saturated rings. The van der Waals surface area contributed by atoms with E-state index in [0.29, 0.717) is 0 Å². The van der Waals surface area contributed by atoms with Crippen LogP contribution in [0, 0.1) is 6.92 Å². The highest BCUT2D eigenvalue weighted by Gasteiger charge is 2.24. The van der Waals surface area contributed by atoms with Crippen LogP contribution in [0.15, 0.2) is 60.9 Å². The Morgan fingerprint density at radius 3 is 2.62 bits per heavy atom. The fraction of sp³-hybridized carbons (Fsp3) is 0.158. The molecule has 2 aromatic carbocycles. The van der Waals surface area contributed by atoms with Gasteiger partial charge in [-0.15, -0.1) is 0 Å². The van der Waals surface area contributed by atoms with E-state index in [2.05, 4.69) is 52.7 Å². The zero-order valence-electron chi connectivity index (χ0n) is 13.6. The van der Waals surface area contributed by atoms with E-state index in [1.54, 1.807) is 13.4 Å². The fourth-order valence-electron chi connectivity index (χ4n) is 3.01. The monoisotopic (exact) mass is 318 g/mol. The van der Waals surface area contributed by atoms with Crippen LogP contribution in [0.2, 0.25) is 0 Å². The van der Waals surface area contributed by atoms with Gasteiger partial charge >= 0.3 is 0 Å². The third-order valence-electron chi connectivity index (χ3n) is 4.32. The predicted molar refractivity (Wildman–Crippen MR) is 93.9 cm³/mol. The summed E-state index contributed by atoms with van der Waals surface area (Å²) in [5.41, 5.74) is 4.56. The molecule has 0 unspecified atom stereocenters. The van der Waals surface area contributed by atoms with Gasteiger partial charge in [0.2, 0.25) is 5.95 Å². The number of ether oxygens (including phenoxy) is 1. The summed E-state index contributed by atoms with van der Waals surface area (Å²) in [4.78, 5) is 4.35. The van der Waals surface area contributed by atoms with Crippen molar-refractivity contribution in [1.82, 2.24) is 14.8 Å². The molecule has 0 aliphatic carbocycles. The predicted octanol–water partition coefficient (Wildman–Crippen LogP) is 3.65. The van der Waals surface area contributed by atoms with E-state index >= 15 is 0 Å². The standard InChI is InChI=1S/C19H18N4O/c1-13-5-3-4-6-16(13)18-11-17(22-19-20-12-21-23(18)19)14-7-9-15(24-2)10-8-14/h3-12,18H,1-2H3,(H,20,21,22)/t18-/m0/s1. The van der Waals surface area contributed by atoms with Gasteiger partial charge in [-0.25, -0.2) is 4.68 Å². The Bertz CT molecular complexity index is 896. The molecule has 5 heteroatoms. The highest BCUT2D eigenvalue weighted by atomic mass is 16.5. The number of nitrogens with zero attached hydrogens (tertiary/aromatic N) is 3. The Kier molecular flexibility index (Phi) is 3.54. The first-order chi connectivity index (χ1) is 11.8. The van der Waals surface area contributed by atoms with Crippen LogP contribution in [0.5, 0.6) is 5.75 Å². The van der Waals surface area contributed by atoms with Gasteiger partial charge in [-0.2, -0.15) is 10.1 Å². The summed E-state index contributed by atoms with van der Waals surface area (Å²) in [5.74, 6) is 1.59. The molecule has 0 amide bonds. The Morgan fingerprint density at radius 2 is 1.88 bits per heavy atom. The molecule has 1 aliphatic heterocycles. The lowest BCUT2D eigenvalue weighted by molar-refractivity contribution is 0.415. The normalized spacial score (nSPS) is 16.1. The van der Waals surface area contributed by atoms with Crippen molar-refractivity contribution in [3.8, 4) is 5.75 Å². The zero-order chi connectivity index (χ0) is 16.5. The minimum absolute atomic E-state index is 0.0158. The van der Waals surface area contributed by atoms with Gasteiger partial charge in [0.15, 0.2) is 0 Å². The topological polar surface area (TPSA) is 52.0 Å². The molecule has 2 heterocycles. The van der Waals surface area contributed by atoms with Crippen LogP contribution in [0.25, 0.3) is 5.70 Å². The maximum absolute atomic E-state index is 5.24. The molecule has 120 valence electrons. The van der Waals surface area contributed by atoms with Crippen LogP contribution >= 0.6 is 0 Å². The van der Waals surface area contributed by atoms with Crippen molar-refractivity contribution < 1.29 is 4.74 Å². The number of anilines is 1. The maximum atomic E-state index is 5.24. The smallest absolute Gasteiger partial charge is 0.226 e. The first-order valence-electron chi connectivity index (χ1n) is 7.84. The molecule has 3 aromatic rings. The van der Waals surface area contributed by atoms with Crippen LogP contribution < -0.4 is 10.1 Å². The maximum Gasteiger partial charge on any atom is 0.226 e. The molecule has 1 aromatic heterocycles. The second-order valence-electron chi connectivity index (χ2n) is 5.76. The van der Waals surface area contributed by atoms with Gasteiger partial charge < -0.3 is 10.1 Å². The van der Waals surface area contributed by atoms with Gasteiger partial charge in [0.1, 0.15) is 18.1 Å². The van der Waals surface area contributed by atoms with Gasteiger partial charge in [0.05, 0.1) is 7.11 Å². The molecule has 0 spiro atoms. The van der Waals surface area contributed by atoms with Crippen LogP contribution in [0.3, 0.4) is 0 Å². The van der Waals surface area contributed by atoms with E-state index in [9.17, 15) is 0 Å². The number of benzene rings is 2. The average molecular weight is 318 g/mol. The lowest BCUT2D eigenvalue weighted by atomic mass is 9.98. The molecular formula is C19H18N4O. The van der Waals surface area contributed by atoms with E-state index in [1.165, 1.54) is 11.1 Å². The first kappa shape index (κ1) is 14.5. The van der Waals surface area contributed by atoms with Gasteiger partial charge in [0, 0.05) is 5.70 Å². The molecule has 24 heavy (non-hydrogen) atoms. The minimum Gasteiger partial charge on any atom is -0.497 e. The van der Waals surface area contributed by atoms with E-state index in [1.807, 2.05) is 28.9 Å². The first-order valence-corrected chi connectivity index (χ1v) is 7.84.